The van der Waals surface area contributed by atoms with Gasteiger partial charge in [-0.1, -0.05) is 17.1 Å². The van der Waals surface area contributed by atoms with E-state index in [-0.39, 0.29) is 22.2 Å². The van der Waals surface area contributed by atoms with Crippen LogP contribution in [0.2, 0.25) is 0 Å². The minimum Gasteiger partial charge on any atom is -0.495 e. The number of carbonyl (C=O) groups is 1. The van der Waals surface area contributed by atoms with Crippen molar-refractivity contribution in [2.45, 2.75) is 18.7 Å². The number of ether oxygens (including phenoxy) is 1. The second kappa shape index (κ2) is 6.13. The Kier molecular flexibility index (Phi) is 4.13. The van der Waals surface area contributed by atoms with Crippen molar-refractivity contribution in [3.63, 3.8) is 0 Å². The van der Waals surface area contributed by atoms with Gasteiger partial charge < -0.3 is 4.74 Å². The Labute approximate surface area is 143 Å². The van der Waals surface area contributed by atoms with Crippen LogP contribution in [0.4, 0.5) is 0 Å². The van der Waals surface area contributed by atoms with Crippen LogP contribution < -0.4 is 14.0 Å². The highest BCUT2D eigenvalue weighted by atomic mass is 32.2. The molecule has 0 saturated carbocycles. The van der Waals surface area contributed by atoms with Gasteiger partial charge in [-0.3, -0.25) is 4.79 Å². The number of rotatable bonds is 4. The zero-order valence-corrected chi connectivity index (χ0v) is 14.6. The Morgan fingerprint density at radius 2 is 1.96 bits per heavy atom. The molecule has 0 fully saturated rings. The van der Waals surface area contributed by atoms with Crippen molar-refractivity contribution in [3.05, 3.63) is 47.5 Å². The summed E-state index contributed by atoms with van der Waals surface area (Å²) in [6.07, 6.45) is 0. The van der Waals surface area contributed by atoms with Gasteiger partial charge in [0.15, 0.2) is 0 Å². The van der Waals surface area contributed by atoms with Gasteiger partial charge in [0.1, 0.15) is 22.0 Å². The number of nitrogens with zero attached hydrogens (tertiary/aromatic N) is 3. The smallest absolute Gasteiger partial charge is 0.457 e. The number of para-hydroxylation sites is 1. The lowest BCUT2D eigenvalue weighted by Crippen LogP contribution is -2.33. The monoisotopic (exact) mass is 362 g/mol. The summed E-state index contributed by atoms with van der Waals surface area (Å²) < 4.78 is 33.4. The van der Waals surface area contributed by atoms with Crippen LogP contribution in [-0.4, -0.2) is 36.5 Å². The summed E-state index contributed by atoms with van der Waals surface area (Å²) in [6, 6.07) is 7.81. The number of benzene rings is 1. The SMILES string of the molecule is COc1ccccc1S(=O)(=O)NC(=O)c1nc2nc(C)cc(C)[n+]2[nH]1. The predicted octanol–water partition coefficient (Wildman–Crippen LogP) is 0.288. The zero-order valence-electron chi connectivity index (χ0n) is 13.8. The van der Waals surface area contributed by atoms with Crippen molar-refractivity contribution >= 4 is 21.7 Å². The molecule has 0 atom stereocenters. The number of hydrogen-bond donors (Lipinski definition) is 2. The van der Waals surface area contributed by atoms with Crippen LogP contribution in [0.15, 0.2) is 35.2 Å². The van der Waals surface area contributed by atoms with E-state index in [1.165, 1.54) is 29.8 Å². The van der Waals surface area contributed by atoms with E-state index in [1.807, 2.05) is 11.6 Å². The number of carbonyl (C=O) groups excluding carboxylic acids is 1. The van der Waals surface area contributed by atoms with Gasteiger partial charge in [-0.25, -0.2) is 18.2 Å². The highest BCUT2D eigenvalue weighted by molar-refractivity contribution is 7.90. The van der Waals surface area contributed by atoms with Crippen molar-refractivity contribution < 1.29 is 22.5 Å². The van der Waals surface area contributed by atoms with E-state index in [2.05, 4.69) is 15.1 Å². The molecule has 25 heavy (non-hydrogen) atoms. The third kappa shape index (κ3) is 3.15. The van der Waals surface area contributed by atoms with Crippen LogP contribution in [0.3, 0.4) is 0 Å². The summed E-state index contributed by atoms with van der Waals surface area (Å²) in [5.74, 6) is -0.652. The first kappa shape index (κ1) is 16.8. The average molecular weight is 362 g/mol. The molecular weight excluding hydrogens is 346 g/mol. The third-order valence-corrected chi connectivity index (χ3v) is 4.85. The molecule has 0 aliphatic carbocycles. The van der Waals surface area contributed by atoms with E-state index in [9.17, 15) is 13.2 Å². The summed E-state index contributed by atoms with van der Waals surface area (Å²) >= 11 is 0. The lowest BCUT2D eigenvalue weighted by Gasteiger charge is -2.08. The number of hydrogen-bond acceptors (Lipinski definition) is 6. The largest absolute Gasteiger partial charge is 0.495 e. The van der Waals surface area contributed by atoms with Crippen LogP contribution in [0.1, 0.15) is 22.0 Å². The second-order valence-corrected chi connectivity index (χ2v) is 6.98. The molecule has 1 amide bonds. The van der Waals surface area contributed by atoms with E-state index in [4.69, 9.17) is 4.74 Å². The summed E-state index contributed by atoms with van der Waals surface area (Å²) in [7, 11) is -2.77. The highest BCUT2D eigenvalue weighted by Gasteiger charge is 2.27. The molecule has 0 unspecified atom stereocenters. The normalized spacial score (nSPS) is 11.5. The molecule has 0 aliphatic rings. The molecule has 2 heterocycles. The lowest BCUT2D eigenvalue weighted by atomic mass is 10.3. The first-order valence-corrected chi connectivity index (χ1v) is 8.76. The summed E-state index contributed by atoms with van der Waals surface area (Å²) in [5, 5.41) is 2.73. The van der Waals surface area contributed by atoms with Crippen LogP contribution in [0, 0.1) is 13.8 Å². The van der Waals surface area contributed by atoms with Crippen molar-refractivity contribution in [2.75, 3.05) is 7.11 Å². The number of sulfonamides is 1. The number of amides is 1. The van der Waals surface area contributed by atoms with Crippen molar-refractivity contribution in [3.8, 4) is 5.75 Å². The number of fused-ring (bicyclic) bond motifs is 1. The van der Waals surface area contributed by atoms with Crippen molar-refractivity contribution in [2.24, 2.45) is 0 Å². The van der Waals surface area contributed by atoms with Gasteiger partial charge in [0.05, 0.1) is 7.11 Å². The third-order valence-electron chi connectivity index (χ3n) is 3.48. The minimum atomic E-state index is -4.12. The van der Waals surface area contributed by atoms with Crippen LogP contribution >= 0.6 is 0 Å². The van der Waals surface area contributed by atoms with Gasteiger partial charge in [-0.05, 0) is 31.0 Å². The Morgan fingerprint density at radius 3 is 2.68 bits per heavy atom. The van der Waals surface area contributed by atoms with E-state index in [0.717, 1.165) is 11.4 Å². The van der Waals surface area contributed by atoms with Gasteiger partial charge in [0.25, 0.3) is 10.0 Å². The maximum atomic E-state index is 12.5. The Hall–Kier alpha value is -3.01. The topological polar surface area (TPSA) is 118 Å². The Morgan fingerprint density at radius 1 is 1.24 bits per heavy atom. The fraction of sp³-hybridized carbons (Fsp3) is 0.200. The maximum absolute atomic E-state index is 12.5. The Balaban J connectivity index is 1.95. The molecule has 130 valence electrons. The molecule has 0 saturated heterocycles. The van der Waals surface area contributed by atoms with E-state index in [0.29, 0.717) is 0 Å². The van der Waals surface area contributed by atoms with E-state index < -0.39 is 15.9 Å². The fourth-order valence-electron chi connectivity index (χ4n) is 2.38. The number of aryl methyl sites for hydroxylation is 2. The maximum Gasteiger partial charge on any atom is 0.457 e. The van der Waals surface area contributed by atoms with Crippen molar-refractivity contribution in [1.29, 1.82) is 0 Å². The van der Waals surface area contributed by atoms with E-state index >= 15 is 0 Å². The van der Waals surface area contributed by atoms with Crippen LogP contribution in [0.25, 0.3) is 5.78 Å². The highest BCUT2D eigenvalue weighted by Crippen LogP contribution is 2.22. The minimum absolute atomic E-state index is 0.134. The number of aromatic nitrogens is 4. The molecule has 9 nitrogen and oxygen atoms in total. The summed E-state index contributed by atoms with van der Waals surface area (Å²) in [5.41, 5.74) is 1.51. The predicted molar refractivity (Wildman–Crippen MR) is 86.7 cm³/mol. The zero-order chi connectivity index (χ0) is 18.2. The van der Waals surface area contributed by atoms with Crippen molar-refractivity contribution in [1.82, 2.24) is 19.8 Å². The molecule has 3 rings (SSSR count). The van der Waals surface area contributed by atoms with E-state index in [1.54, 1.807) is 19.1 Å². The van der Waals surface area contributed by atoms with Gasteiger partial charge >= 0.3 is 17.5 Å². The molecule has 3 aromatic rings. The molecule has 0 radical (unpaired) electrons. The van der Waals surface area contributed by atoms with Crippen LogP contribution in [-0.2, 0) is 10.0 Å². The Bertz CT molecular complexity index is 1070. The number of methoxy groups -OCH3 is 1. The molecule has 2 aromatic heterocycles. The quantitative estimate of drug-likeness (QED) is 0.644. The number of aromatic amines is 1. The van der Waals surface area contributed by atoms with Gasteiger partial charge in [-0.2, -0.15) is 0 Å². The average Bonchev–Trinajstić information content (AvgIpc) is 2.99. The summed E-state index contributed by atoms with van der Waals surface area (Å²) in [6.45, 7) is 3.61. The number of nitrogens with one attached hydrogen (secondary N) is 2. The summed E-state index contributed by atoms with van der Waals surface area (Å²) in [4.78, 5) is 20.4. The standard InChI is InChI=1S/C15H15N5O4S/c1-9-8-10(2)20-15(16-9)17-13(18-20)14(21)19-25(22,23)12-7-5-4-6-11(12)24-3/h4-8H,1-3H3,(H,19,21)/p+1. The molecule has 2 N–H and O–H groups in total. The lowest BCUT2D eigenvalue weighted by molar-refractivity contribution is -0.587. The molecule has 10 heteroatoms. The molecule has 0 bridgehead atoms. The van der Waals surface area contributed by atoms with Gasteiger partial charge in [0.2, 0.25) is 0 Å². The first-order valence-electron chi connectivity index (χ1n) is 7.28. The molecule has 0 aliphatic heterocycles. The number of H-pyrrole nitrogens is 1. The van der Waals surface area contributed by atoms with Crippen LogP contribution in [0.5, 0.6) is 5.75 Å². The molecular formula is C15H16N5O4S+. The molecule has 1 aromatic carbocycles. The fourth-order valence-corrected chi connectivity index (χ4v) is 3.50. The van der Waals surface area contributed by atoms with Gasteiger partial charge in [-0.15, -0.1) is 4.52 Å². The van der Waals surface area contributed by atoms with Gasteiger partial charge in [0, 0.05) is 6.07 Å². The second-order valence-electron chi connectivity index (χ2n) is 5.33. The first-order chi connectivity index (χ1) is 11.8. The molecule has 0 spiro atoms.